The number of likely N-dealkylation sites (tertiary alicyclic amines) is 1. The molecule has 1 fully saturated rings. The Balaban J connectivity index is 1.38. The van der Waals surface area contributed by atoms with Crippen LogP contribution in [0.3, 0.4) is 0 Å². The molecule has 4 rings (SSSR count). The molecule has 1 aliphatic heterocycles. The number of likely N-dealkylation sites (N-methyl/N-ethyl adjacent to an activating group) is 1. The topological polar surface area (TPSA) is 62.5 Å². The predicted octanol–water partition coefficient (Wildman–Crippen LogP) is 3.60. The van der Waals surface area contributed by atoms with Crippen LogP contribution in [0.5, 0.6) is 0 Å². The minimum atomic E-state index is -0.269. The van der Waals surface area contributed by atoms with Crippen molar-refractivity contribution in [1.29, 1.82) is 0 Å². The Morgan fingerprint density at radius 1 is 1.27 bits per heavy atom. The first kappa shape index (κ1) is 20.2. The first-order chi connectivity index (χ1) is 14.6. The molecule has 0 saturated carbocycles. The fourth-order valence-electron chi connectivity index (χ4n) is 3.87. The van der Waals surface area contributed by atoms with Gasteiger partial charge < -0.3 is 9.32 Å². The van der Waals surface area contributed by atoms with Crippen LogP contribution in [-0.2, 0) is 17.8 Å². The molecule has 6 nitrogen and oxygen atoms in total. The van der Waals surface area contributed by atoms with Crippen LogP contribution in [0.1, 0.15) is 41.8 Å². The number of pyridine rings is 1. The van der Waals surface area contributed by atoms with Crippen molar-refractivity contribution in [3.8, 4) is 0 Å². The Kier molecular flexibility index (Phi) is 6.18. The molecule has 0 spiro atoms. The third-order valence-electron chi connectivity index (χ3n) is 5.26. The summed E-state index contributed by atoms with van der Waals surface area (Å²) in [7, 11) is 1.92. The highest BCUT2D eigenvalue weighted by atomic mass is 19.1. The Bertz CT molecular complexity index is 992. The molecule has 0 bridgehead atoms. The maximum Gasteiger partial charge on any atom is 0.237 e. The highest BCUT2D eigenvalue weighted by Gasteiger charge is 2.33. The SMILES string of the molecule is CN(CC(=O)N1CCCC1c1ncc(Cc2cccc(F)c2)o1)Cc1ccccn1. The summed E-state index contributed by atoms with van der Waals surface area (Å²) in [5, 5.41) is 0. The number of aromatic nitrogens is 2. The number of amides is 1. The van der Waals surface area contributed by atoms with Gasteiger partial charge in [-0.15, -0.1) is 0 Å². The van der Waals surface area contributed by atoms with Crippen LogP contribution in [0.25, 0.3) is 0 Å². The number of rotatable bonds is 7. The maximum absolute atomic E-state index is 13.4. The molecule has 2 aromatic heterocycles. The van der Waals surface area contributed by atoms with Crippen molar-refractivity contribution in [1.82, 2.24) is 19.8 Å². The maximum atomic E-state index is 13.4. The van der Waals surface area contributed by atoms with E-state index in [0.717, 1.165) is 24.1 Å². The molecular weight excluding hydrogens is 383 g/mol. The smallest absolute Gasteiger partial charge is 0.237 e. The highest BCUT2D eigenvalue weighted by Crippen LogP contribution is 2.32. The number of carbonyl (C=O) groups is 1. The number of halogens is 1. The normalized spacial score (nSPS) is 16.4. The van der Waals surface area contributed by atoms with Gasteiger partial charge in [0.25, 0.3) is 0 Å². The second-order valence-corrected chi connectivity index (χ2v) is 7.71. The van der Waals surface area contributed by atoms with Gasteiger partial charge in [-0.05, 0) is 49.7 Å². The van der Waals surface area contributed by atoms with Gasteiger partial charge in [0.1, 0.15) is 17.6 Å². The fourth-order valence-corrected chi connectivity index (χ4v) is 3.87. The molecule has 0 radical (unpaired) electrons. The molecule has 7 heteroatoms. The first-order valence-electron chi connectivity index (χ1n) is 10.2. The molecule has 1 aromatic carbocycles. The molecule has 1 atom stereocenters. The van der Waals surface area contributed by atoms with Crippen LogP contribution in [0, 0.1) is 5.82 Å². The summed E-state index contributed by atoms with van der Waals surface area (Å²) < 4.78 is 19.3. The van der Waals surface area contributed by atoms with E-state index in [0.29, 0.717) is 37.7 Å². The lowest BCUT2D eigenvalue weighted by molar-refractivity contribution is -0.133. The Hall–Kier alpha value is -3.06. The van der Waals surface area contributed by atoms with Crippen LogP contribution in [0.4, 0.5) is 4.39 Å². The molecular formula is C23H25FN4O2. The molecule has 3 heterocycles. The van der Waals surface area contributed by atoms with Gasteiger partial charge in [-0.2, -0.15) is 0 Å². The zero-order chi connectivity index (χ0) is 20.9. The molecule has 0 aliphatic carbocycles. The van der Waals surface area contributed by atoms with Gasteiger partial charge in [0.05, 0.1) is 18.4 Å². The number of hydrogen-bond acceptors (Lipinski definition) is 5. The largest absolute Gasteiger partial charge is 0.443 e. The van der Waals surface area contributed by atoms with Crippen molar-refractivity contribution in [2.75, 3.05) is 20.1 Å². The van der Waals surface area contributed by atoms with Crippen LogP contribution in [0.2, 0.25) is 0 Å². The van der Waals surface area contributed by atoms with Crippen molar-refractivity contribution >= 4 is 5.91 Å². The lowest BCUT2D eigenvalue weighted by Crippen LogP contribution is -2.38. The molecule has 1 unspecified atom stereocenters. The van der Waals surface area contributed by atoms with E-state index in [9.17, 15) is 9.18 Å². The summed E-state index contributed by atoms with van der Waals surface area (Å²) in [6.45, 7) is 1.62. The van der Waals surface area contributed by atoms with E-state index < -0.39 is 0 Å². The van der Waals surface area contributed by atoms with Crippen LogP contribution in [-0.4, -0.2) is 45.8 Å². The van der Waals surface area contributed by atoms with Crippen molar-refractivity contribution in [2.24, 2.45) is 0 Å². The quantitative estimate of drug-likeness (QED) is 0.598. The van der Waals surface area contributed by atoms with E-state index in [2.05, 4.69) is 9.97 Å². The van der Waals surface area contributed by atoms with Crippen molar-refractivity contribution in [2.45, 2.75) is 31.8 Å². The molecule has 0 N–H and O–H groups in total. The first-order valence-corrected chi connectivity index (χ1v) is 10.2. The van der Waals surface area contributed by atoms with Gasteiger partial charge >= 0.3 is 0 Å². The van der Waals surface area contributed by atoms with Gasteiger partial charge in [-0.3, -0.25) is 14.7 Å². The zero-order valence-electron chi connectivity index (χ0n) is 17.0. The van der Waals surface area contributed by atoms with Gasteiger partial charge in [-0.1, -0.05) is 18.2 Å². The summed E-state index contributed by atoms with van der Waals surface area (Å²) >= 11 is 0. The second kappa shape index (κ2) is 9.17. The molecule has 3 aromatic rings. The van der Waals surface area contributed by atoms with Gasteiger partial charge in [0.2, 0.25) is 11.8 Å². The third-order valence-corrected chi connectivity index (χ3v) is 5.26. The molecule has 156 valence electrons. The van der Waals surface area contributed by atoms with E-state index in [1.807, 2.05) is 41.1 Å². The van der Waals surface area contributed by atoms with Crippen LogP contribution < -0.4 is 0 Å². The lowest BCUT2D eigenvalue weighted by atomic mass is 10.1. The zero-order valence-corrected chi connectivity index (χ0v) is 17.0. The number of benzene rings is 1. The average molecular weight is 408 g/mol. The fraction of sp³-hybridized carbons (Fsp3) is 0.348. The van der Waals surface area contributed by atoms with Crippen LogP contribution >= 0.6 is 0 Å². The minimum absolute atomic E-state index is 0.0563. The number of hydrogen-bond donors (Lipinski definition) is 0. The average Bonchev–Trinajstić information content (AvgIpc) is 3.38. The van der Waals surface area contributed by atoms with E-state index in [1.54, 1.807) is 18.5 Å². The molecule has 1 saturated heterocycles. The van der Waals surface area contributed by atoms with Gasteiger partial charge in [0.15, 0.2) is 0 Å². The number of nitrogens with zero attached hydrogens (tertiary/aromatic N) is 4. The predicted molar refractivity (Wildman–Crippen MR) is 110 cm³/mol. The summed E-state index contributed by atoms with van der Waals surface area (Å²) in [4.78, 5) is 25.5. The standard InChI is InChI=1S/C23H25FN4O2/c1-27(15-19-8-2-3-10-25-19)16-22(29)28-11-5-9-21(28)23-26-14-20(30-23)13-17-6-4-7-18(24)12-17/h2-4,6-8,10,12,14,21H,5,9,11,13,15-16H2,1H3. The third kappa shape index (κ3) is 4.91. The van der Waals surface area contributed by atoms with E-state index in [-0.39, 0.29) is 17.8 Å². The van der Waals surface area contributed by atoms with Gasteiger partial charge in [-0.25, -0.2) is 9.37 Å². The second-order valence-electron chi connectivity index (χ2n) is 7.71. The minimum Gasteiger partial charge on any atom is -0.443 e. The molecule has 30 heavy (non-hydrogen) atoms. The van der Waals surface area contributed by atoms with E-state index in [4.69, 9.17) is 4.42 Å². The lowest BCUT2D eigenvalue weighted by Gasteiger charge is -2.25. The van der Waals surface area contributed by atoms with Crippen molar-refractivity contribution in [3.05, 3.63) is 83.6 Å². The summed E-state index contributed by atoms with van der Waals surface area (Å²) in [6.07, 6.45) is 5.65. The van der Waals surface area contributed by atoms with Gasteiger partial charge in [0, 0.05) is 25.7 Å². The molecule has 1 aliphatic rings. The summed E-state index contributed by atoms with van der Waals surface area (Å²) in [5.74, 6) is 1.01. The van der Waals surface area contributed by atoms with Crippen molar-refractivity contribution in [3.63, 3.8) is 0 Å². The summed E-state index contributed by atoms with van der Waals surface area (Å²) in [6, 6.07) is 12.1. The highest BCUT2D eigenvalue weighted by molar-refractivity contribution is 5.79. The van der Waals surface area contributed by atoms with E-state index >= 15 is 0 Å². The van der Waals surface area contributed by atoms with Crippen molar-refractivity contribution < 1.29 is 13.6 Å². The number of carbonyl (C=O) groups excluding carboxylic acids is 1. The number of oxazole rings is 1. The Morgan fingerprint density at radius 2 is 2.17 bits per heavy atom. The Labute approximate surface area is 175 Å². The Morgan fingerprint density at radius 3 is 2.97 bits per heavy atom. The monoisotopic (exact) mass is 408 g/mol. The molecule has 1 amide bonds. The van der Waals surface area contributed by atoms with Crippen LogP contribution in [0.15, 0.2) is 59.3 Å². The van der Waals surface area contributed by atoms with E-state index in [1.165, 1.54) is 12.1 Å². The summed E-state index contributed by atoms with van der Waals surface area (Å²) in [5.41, 5.74) is 1.76.